The maximum atomic E-state index is 13.8. The van der Waals surface area contributed by atoms with Crippen molar-refractivity contribution in [2.45, 2.75) is 69.8 Å². The van der Waals surface area contributed by atoms with Crippen molar-refractivity contribution in [1.82, 2.24) is 9.80 Å². The smallest absolute Gasteiger partial charge is 0.453 e. The van der Waals surface area contributed by atoms with E-state index in [1.54, 1.807) is 30.3 Å². The van der Waals surface area contributed by atoms with Gasteiger partial charge in [0.25, 0.3) is 0 Å². The average Bonchev–Trinajstić information content (AvgIpc) is 3.43. The van der Waals surface area contributed by atoms with E-state index >= 15 is 0 Å². The first kappa shape index (κ1) is 27.5. The van der Waals surface area contributed by atoms with Crippen LogP contribution in [0, 0.1) is 5.92 Å². The number of halogens is 3. The van der Waals surface area contributed by atoms with Gasteiger partial charge in [0.1, 0.15) is 0 Å². The summed E-state index contributed by atoms with van der Waals surface area (Å²) in [5, 5.41) is 0. The van der Waals surface area contributed by atoms with Crippen molar-refractivity contribution in [1.29, 1.82) is 0 Å². The van der Waals surface area contributed by atoms with Gasteiger partial charge in [-0.2, -0.15) is 13.2 Å². The number of hydrogen-bond donors (Lipinski definition) is 0. The molecule has 0 radical (unpaired) electrons. The highest BCUT2D eigenvalue weighted by molar-refractivity contribution is 6.73. The van der Waals surface area contributed by atoms with Crippen LogP contribution < -0.4 is 0 Å². The van der Waals surface area contributed by atoms with E-state index in [0.29, 0.717) is 5.56 Å². The maximum absolute atomic E-state index is 13.8. The summed E-state index contributed by atoms with van der Waals surface area (Å²) < 4.78 is 58.6. The van der Waals surface area contributed by atoms with E-state index in [1.165, 1.54) is 12.0 Å². The van der Waals surface area contributed by atoms with Crippen molar-refractivity contribution in [2.75, 3.05) is 26.9 Å². The minimum absolute atomic E-state index is 0.0466. The first-order valence-corrected chi connectivity index (χ1v) is 14.6. The fraction of sp³-hybridized carbons (Fsp3) is 0.667. The normalized spacial score (nSPS) is 24.4. The number of fused-ring (bicyclic) bond motifs is 1. The zero-order valence-electron chi connectivity index (χ0n) is 20.7. The van der Waals surface area contributed by atoms with Crippen molar-refractivity contribution in [3.63, 3.8) is 0 Å². The summed E-state index contributed by atoms with van der Waals surface area (Å²) >= 11 is 0. The van der Waals surface area contributed by atoms with Gasteiger partial charge in [-0.25, -0.2) is 4.79 Å². The molecule has 2 saturated heterocycles. The van der Waals surface area contributed by atoms with Crippen LogP contribution in [0.5, 0.6) is 0 Å². The number of amides is 2. The molecule has 2 fully saturated rings. The highest BCUT2D eigenvalue weighted by atomic mass is 28.4. The number of benzene rings is 1. The van der Waals surface area contributed by atoms with Crippen LogP contribution >= 0.6 is 0 Å². The molecule has 4 atom stereocenters. The van der Waals surface area contributed by atoms with Gasteiger partial charge in [0.2, 0.25) is 0 Å². The van der Waals surface area contributed by atoms with Crippen LogP contribution in [-0.2, 0) is 25.2 Å². The number of methoxy groups -OCH3 is 1. The molecule has 35 heavy (non-hydrogen) atoms. The lowest BCUT2D eigenvalue weighted by Crippen LogP contribution is -2.57. The SMILES string of the molecule is CC[Si](CC)(CC)OC[C@H]1[C@@H](N(Cc2ccccc2)C(=O)C(F)(F)F)C2COCC2N1C(=O)OC. The van der Waals surface area contributed by atoms with Crippen LogP contribution in [0.2, 0.25) is 18.1 Å². The maximum Gasteiger partial charge on any atom is 0.471 e. The second-order valence-electron chi connectivity index (χ2n) is 9.17. The van der Waals surface area contributed by atoms with Gasteiger partial charge in [-0.3, -0.25) is 9.69 Å². The molecule has 2 aliphatic heterocycles. The van der Waals surface area contributed by atoms with Gasteiger partial charge in [-0.1, -0.05) is 51.1 Å². The Morgan fingerprint density at radius 2 is 1.74 bits per heavy atom. The van der Waals surface area contributed by atoms with E-state index in [-0.39, 0.29) is 26.4 Å². The molecule has 3 rings (SSSR count). The molecular formula is C24H35F3N2O5Si. The molecule has 0 N–H and O–H groups in total. The number of likely N-dealkylation sites (tertiary alicyclic amines) is 1. The van der Waals surface area contributed by atoms with E-state index in [1.807, 2.05) is 0 Å². The fourth-order valence-corrected chi connectivity index (χ4v) is 8.07. The number of carbonyl (C=O) groups excluding carboxylic acids is 2. The zero-order valence-corrected chi connectivity index (χ0v) is 21.7. The summed E-state index contributed by atoms with van der Waals surface area (Å²) in [4.78, 5) is 28.0. The van der Waals surface area contributed by atoms with E-state index in [9.17, 15) is 22.8 Å². The van der Waals surface area contributed by atoms with E-state index in [0.717, 1.165) is 23.0 Å². The second-order valence-corrected chi connectivity index (χ2v) is 14.0. The van der Waals surface area contributed by atoms with Gasteiger partial charge < -0.3 is 18.8 Å². The Labute approximate surface area is 205 Å². The molecular weight excluding hydrogens is 481 g/mol. The Kier molecular flexibility index (Phi) is 8.87. The standard InChI is InChI=1S/C24H35F3N2O5Si/c1-5-35(6-2,7-3)34-16-20-21(18-14-33-15-19(18)29(20)23(31)32-4)28(22(30)24(25,26)27)13-17-11-9-8-10-12-17/h8-12,18-21H,5-7,13-16H2,1-4H3/t18?,19?,20-,21-/m0/s1. The second kappa shape index (κ2) is 11.3. The predicted molar refractivity (Wildman–Crippen MR) is 126 cm³/mol. The van der Waals surface area contributed by atoms with Gasteiger partial charge >= 0.3 is 18.2 Å². The highest BCUT2D eigenvalue weighted by Gasteiger charge is 2.59. The van der Waals surface area contributed by atoms with Crippen LogP contribution in [0.3, 0.4) is 0 Å². The number of carbonyl (C=O) groups is 2. The van der Waals surface area contributed by atoms with E-state index in [2.05, 4.69) is 20.8 Å². The molecule has 11 heteroatoms. The Hall–Kier alpha value is -2.11. The fourth-order valence-electron chi connectivity index (χ4n) is 5.44. The van der Waals surface area contributed by atoms with Crippen molar-refractivity contribution in [3.05, 3.63) is 35.9 Å². The van der Waals surface area contributed by atoms with Crippen LogP contribution in [0.25, 0.3) is 0 Å². The van der Waals surface area contributed by atoms with Gasteiger partial charge in [0.15, 0.2) is 8.32 Å². The molecule has 196 valence electrons. The number of alkyl halides is 3. The largest absolute Gasteiger partial charge is 0.471 e. The molecule has 2 heterocycles. The minimum atomic E-state index is -5.07. The average molecular weight is 517 g/mol. The Morgan fingerprint density at radius 3 is 2.29 bits per heavy atom. The third-order valence-corrected chi connectivity index (χ3v) is 12.2. The topological polar surface area (TPSA) is 68.3 Å². The lowest BCUT2D eigenvalue weighted by molar-refractivity contribution is -0.190. The van der Waals surface area contributed by atoms with Gasteiger partial charge in [0.05, 0.1) is 45.1 Å². The molecule has 0 aromatic heterocycles. The monoisotopic (exact) mass is 516 g/mol. The highest BCUT2D eigenvalue weighted by Crippen LogP contribution is 2.41. The van der Waals surface area contributed by atoms with E-state index < -0.39 is 50.5 Å². The summed E-state index contributed by atoms with van der Waals surface area (Å²) in [5.41, 5.74) is 0.566. The summed E-state index contributed by atoms with van der Waals surface area (Å²) in [6.07, 6.45) is -5.72. The molecule has 0 aliphatic carbocycles. The molecule has 2 unspecified atom stereocenters. The first-order chi connectivity index (χ1) is 16.6. The van der Waals surface area contributed by atoms with Gasteiger partial charge in [-0.15, -0.1) is 0 Å². The lowest BCUT2D eigenvalue weighted by atomic mass is 9.94. The molecule has 2 amide bonds. The van der Waals surface area contributed by atoms with Crippen LogP contribution in [0.1, 0.15) is 26.3 Å². The van der Waals surface area contributed by atoms with Gasteiger partial charge in [0, 0.05) is 12.5 Å². The zero-order chi connectivity index (χ0) is 25.8. The Bertz CT molecular complexity index is 860. The molecule has 0 spiro atoms. The number of hydrogen-bond acceptors (Lipinski definition) is 5. The van der Waals surface area contributed by atoms with Crippen LogP contribution in [0.15, 0.2) is 30.3 Å². The number of nitrogens with zero attached hydrogens (tertiary/aromatic N) is 2. The summed E-state index contributed by atoms with van der Waals surface area (Å²) in [7, 11) is -0.893. The summed E-state index contributed by atoms with van der Waals surface area (Å²) in [6, 6.07) is 8.88. The molecule has 2 aliphatic rings. The minimum Gasteiger partial charge on any atom is -0.453 e. The van der Waals surface area contributed by atoms with E-state index in [4.69, 9.17) is 13.9 Å². The number of rotatable bonds is 9. The third-order valence-electron chi connectivity index (χ3n) is 7.58. The van der Waals surface area contributed by atoms with Gasteiger partial charge in [-0.05, 0) is 23.7 Å². The molecule has 1 aromatic carbocycles. The Balaban J connectivity index is 2.05. The third kappa shape index (κ3) is 5.67. The van der Waals surface area contributed by atoms with Crippen molar-refractivity contribution in [2.24, 2.45) is 5.92 Å². The Morgan fingerprint density at radius 1 is 1.11 bits per heavy atom. The molecule has 1 aromatic rings. The molecule has 7 nitrogen and oxygen atoms in total. The van der Waals surface area contributed by atoms with Crippen molar-refractivity contribution < 1.29 is 36.7 Å². The molecule has 0 bridgehead atoms. The summed E-state index contributed by atoms with van der Waals surface area (Å²) in [5.74, 6) is -2.42. The van der Waals surface area contributed by atoms with Crippen molar-refractivity contribution in [3.8, 4) is 0 Å². The summed E-state index contributed by atoms with van der Waals surface area (Å²) in [6.45, 7) is 6.29. The van der Waals surface area contributed by atoms with Crippen molar-refractivity contribution >= 4 is 20.3 Å². The quantitative estimate of drug-likeness (QED) is 0.454. The first-order valence-electron chi connectivity index (χ1n) is 12.1. The molecule has 0 saturated carbocycles. The van der Waals surface area contributed by atoms with Crippen LogP contribution in [-0.4, -0.2) is 81.3 Å². The predicted octanol–water partition coefficient (Wildman–Crippen LogP) is 4.43. The number of ether oxygens (including phenoxy) is 2. The van der Waals surface area contributed by atoms with Crippen LogP contribution in [0.4, 0.5) is 18.0 Å². The lowest BCUT2D eigenvalue weighted by Gasteiger charge is -2.39.